The van der Waals surface area contributed by atoms with Gasteiger partial charge in [-0.1, -0.05) is 26.7 Å². The maximum absolute atomic E-state index is 3.77. The quantitative estimate of drug-likeness (QED) is 0.684. The molecule has 16 heavy (non-hydrogen) atoms. The van der Waals surface area contributed by atoms with Crippen molar-refractivity contribution in [3.05, 3.63) is 0 Å². The highest BCUT2D eigenvalue weighted by Gasteiger charge is 2.16. The van der Waals surface area contributed by atoms with Crippen LogP contribution < -0.4 is 5.32 Å². The minimum Gasteiger partial charge on any atom is -0.312 e. The number of hydrogen-bond donors (Lipinski definition) is 1. The minimum absolute atomic E-state index is 0.707. The van der Waals surface area contributed by atoms with E-state index in [0.717, 1.165) is 6.04 Å². The summed E-state index contributed by atoms with van der Waals surface area (Å²) in [6.45, 7) is 10.5. The molecule has 0 aromatic heterocycles. The third-order valence-electron chi connectivity index (χ3n) is 3.88. The Kier molecular flexibility index (Phi) is 7.06. The third kappa shape index (κ3) is 5.31. The normalized spacial score (nSPS) is 19.5. The second kappa shape index (κ2) is 8.08. The lowest BCUT2D eigenvalue weighted by molar-refractivity contribution is 0.288. The van der Waals surface area contributed by atoms with Gasteiger partial charge in [-0.15, -0.1) is 0 Å². The number of hydrogen-bond acceptors (Lipinski definition) is 2. The molecule has 1 saturated carbocycles. The van der Waals surface area contributed by atoms with Crippen molar-refractivity contribution in [1.29, 1.82) is 0 Å². The molecule has 0 bridgehead atoms. The van der Waals surface area contributed by atoms with Crippen molar-refractivity contribution >= 4 is 0 Å². The second-order valence-corrected chi connectivity index (χ2v) is 5.22. The molecule has 1 aliphatic rings. The highest BCUT2D eigenvalue weighted by molar-refractivity contribution is 4.76. The van der Waals surface area contributed by atoms with Crippen molar-refractivity contribution in [2.24, 2.45) is 0 Å². The van der Waals surface area contributed by atoms with E-state index in [9.17, 15) is 0 Å². The van der Waals surface area contributed by atoms with Gasteiger partial charge in [-0.2, -0.15) is 0 Å². The molecule has 0 heterocycles. The van der Waals surface area contributed by atoms with Crippen LogP contribution in [-0.4, -0.2) is 36.6 Å². The van der Waals surface area contributed by atoms with E-state index in [1.54, 1.807) is 0 Å². The number of nitrogens with zero attached hydrogens (tertiary/aromatic N) is 1. The third-order valence-corrected chi connectivity index (χ3v) is 3.88. The van der Waals surface area contributed by atoms with Crippen LogP contribution in [-0.2, 0) is 0 Å². The van der Waals surface area contributed by atoms with Gasteiger partial charge >= 0.3 is 0 Å². The number of nitrogens with one attached hydrogen (secondary N) is 1. The molecule has 0 aromatic rings. The summed E-state index contributed by atoms with van der Waals surface area (Å²) in [5.41, 5.74) is 0. The molecule has 96 valence electrons. The topological polar surface area (TPSA) is 15.3 Å². The van der Waals surface area contributed by atoms with Crippen LogP contribution in [0.15, 0.2) is 0 Å². The minimum atomic E-state index is 0.707. The summed E-state index contributed by atoms with van der Waals surface area (Å²) in [6.07, 6.45) is 8.34. The van der Waals surface area contributed by atoms with Crippen molar-refractivity contribution < 1.29 is 0 Å². The standard InChI is InChI=1S/C14H30N2/c1-4-16(5-2)12-8-9-13(3)15-14-10-6-7-11-14/h13-15H,4-12H2,1-3H3. The van der Waals surface area contributed by atoms with E-state index in [2.05, 4.69) is 31.0 Å². The summed E-state index contributed by atoms with van der Waals surface area (Å²) in [4.78, 5) is 2.52. The first-order chi connectivity index (χ1) is 7.76. The fourth-order valence-electron chi connectivity index (χ4n) is 2.74. The summed E-state index contributed by atoms with van der Waals surface area (Å²) in [6, 6.07) is 1.53. The molecular formula is C14H30N2. The van der Waals surface area contributed by atoms with Gasteiger partial charge in [0.2, 0.25) is 0 Å². The molecule has 0 saturated heterocycles. The lowest BCUT2D eigenvalue weighted by atomic mass is 10.1. The van der Waals surface area contributed by atoms with Crippen LogP contribution in [0.1, 0.15) is 59.3 Å². The van der Waals surface area contributed by atoms with Crippen LogP contribution in [0.5, 0.6) is 0 Å². The smallest absolute Gasteiger partial charge is 0.00695 e. The van der Waals surface area contributed by atoms with Gasteiger partial charge in [-0.25, -0.2) is 0 Å². The molecular weight excluding hydrogens is 196 g/mol. The van der Waals surface area contributed by atoms with E-state index in [1.807, 2.05) is 0 Å². The van der Waals surface area contributed by atoms with Gasteiger partial charge in [0.15, 0.2) is 0 Å². The van der Waals surface area contributed by atoms with E-state index < -0.39 is 0 Å². The molecule has 1 rings (SSSR count). The molecule has 1 unspecified atom stereocenters. The Morgan fingerprint density at radius 3 is 2.38 bits per heavy atom. The summed E-state index contributed by atoms with van der Waals surface area (Å²) in [5, 5.41) is 3.77. The summed E-state index contributed by atoms with van der Waals surface area (Å²) >= 11 is 0. The maximum atomic E-state index is 3.77. The molecule has 2 heteroatoms. The van der Waals surface area contributed by atoms with Crippen LogP contribution in [0.2, 0.25) is 0 Å². The average Bonchev–Trinajstić information content (AvgIpc) is 2.77. The van der Waals surface area contributed by atoms with Crippen LogP contribution in [0.3, 0.4) is 0 Å². The molecule has 0 spiro atoms. The van der Waals surface area contributed by atoms with Gasteiger partial charge in [0.05, 0.1) is 0 Å². The van der Waals surface area contributed by atoms with Crippen molar-refractivity contribution in [2.45, 2.75) is 71.4 Å². The predicted molar refractivity (Wildman–Crippen MR) is 71.9 cm³/mol. The Labute approximate surface area is 102 Å². The first-order valence-electron chi connectivity index (χ1n) is 7.24. The van der Waals surface area contributed by atoms with Gasteiger partial charge in [-0.05, 0) is 52.2 Å². The van der Waals surface area contributed by atoms with E-state index in [1.165, 1.54) is 58.2 Å². The molecule has 1 N–H and O–H groups in total. The van der Waals surface area contributed by atoms with Crippen molar-refractivity contribution in [2.75, 3.05) is 19.6 Å². The zero-order valence-electron chi connectivity index (χ0n) is 11.5. The SMILES string of the molecule is CCN(CC)CCCC(C)NC1CCCC1. The Morgan fingerprint density at radius 2 is 1.81 bits per heavy atom. The van der Waals surface area contributed by atoms with E-state index >= 15 is 0 Å². The summed E-state index contributed by atoms with van der Waals surface area (Å²) in [7, 11) is 0. The second-order valence-electron chi connectivity index (χ2n) is 5.22. The van der Waals surface area contributed by atoms with Crippen molar-refractivity contribution in [3.8, 4) is 0 Å². The monoisotopic (exact) mass is 226 g/mol. The Morgan fingerprint density at radius 1 is 1.19 bits per heavy atom. The van der Waals surface area contributed by atoms with Crippen molar-refractivity contribution in [1.82, 2.24) is 10.2 Å². The fourth-order valence-corrected chi connectivity index (χ4v) is 2.74. The van der Waals surface area contributed by atoms with Gasteiger partial charge in [0, 0.05) is 12.1 Å². The molecule has 2 nitrogen and oxygen atoms in total. The molecule has 1 aliphatic carbocycles. The van der Waals surface area contributed by atoms with Gasteiger partial charge in [-0.3, -0.25) is 0 Å². The van der Waals surface area contributed by atoms with Gasteiger partial charge in [0.1, 0.15) is 0 Å². The lowest BCUT2D eigenvalue weighted by Crippen LogP contribution is -2.35. The molecule has 1 atom stereocenters. The lowest BCUT2D eigenvalue weighted by Gasteiger charge is -2.22. The van der Waals surface area contributed by atoms with E-state index in [4.69, 9.17) is 0 Å². The Hall–Kier alpha value is -0.0800. The highest BCUT2D eigenvalue weighted by atomic mass is 15.1. The largest absolute Gasteiger partial charge is 0.312 e. The Balaban J connectivity index is 2.02. The van der Waals surface area contributed by atoms with Gasteiger partial charge in [0.25, 0.3) is 0 Å². The number of rotatable bonds is 8. The van der Waals surface area contributed by atoms with E-state index in [-0.39, 0.29) is 0 Å². The fraction of sp³-hybridized carbons (Fsp3) is 1.00. The zero-order chi connectivity index (χ0) is 11.8. The Bertz CT molecular complexity index is 160. The van der Waals surface area contributed by atoms with Crippen LogP contribution >= 0.6 is 0 Å². The molecule has 0 amide bonds. The average molecular weight is 226 g/mol. The van der Waals surface area contributed by atoms with Crippen LogP contribution in [0, 0.1) is 0 Å². The summed E-state index contributed by atoms with van der Waals surface area (Å²) < 4.78 is 0. The predicted octanol–water partition coefficient (Wildman–Crippen LogP) is 3.03. The van der Waals surface area contributed by atoms with Crippen molar-refractivity contribution in [3.63, 3.8) is 0 Å². The zero-order valence-corrected chi connectivity index (χ0v) is 11.5. The van der Waals surface area contributed by atoms with Gasteiger partial charge < -0.3 is 10.2 Å². The summed E-state index contributed by atoms with van der Waals surface area (Å²) in [5.74, 6) is 0. The molecule has 0 aliphatic heterocycles. The molecule has 0 aromatic carbocycles. The van der Waals surface area contributed by atoms with E-state index in [0.29, 0.717) is 6.04 Å². The highest BCUT2D eigenvalue weighted by Crippen LogP contribution is 2.18. The first-order valence-corrected chi connectivity index (χ1v) is 7.24. The van der Waals surface area contributed by atoms with Crippen LogP contribution in [0.25, 0.3) is 0 Å². The molecule has 0 radical (unpaired) electrons. The van der Waals surface area contributed by atoms with Crippen LogP contribution in [0.4, 0.5) is 0 Å². The molecule has 1 fully saturated rings. The first kappa shape index (κ1) is 14.0. The maximum Gasteiger partial charge on any atom is 0.00695 e.